The number of carbonyl (C=O) groups is 1. The van der Waals surface area contributed by atoms with E-state index in [9.17, 15) is 14.9 Å². The van der Waals surface area contributed by atoms with Gasteiger partial charge in [-0.1, -0.05) is 12.1 Å². The minimum absolute atomic E-state index is 0.111. The largest absolute Gasteiger partial charge is 0.363 e. The van der Waals surface area contributed by atoms with E-state index in [1.807, 2.05) is 15.9 Å². The zero-order chi connectivity index (χ0) is 18.5. The average molecular weight is 420 g/mol. The van der Waals surface area contributed by atoms with Gasteiger partial charge in [0.05, 0.1) is 11.5 Å². The molecule has 0 bridgehead atoms. The molecular formula is C17H18BrN5O3. The molecular weight excluding hydrogens is 402 g/mol. The summed E-state index contributed by atoms with van der Waals surface area (Å²) in [5.74, 6) is 0.385. The van der Waals surface area contributed by atoms with Crippen molar-refractivity contribution in [1.82, 2.24) is 9.88 Å². The molecule has 3 rings (SSSR count). The first-order valence-corrected chi connectivity index (χ1v) is 8.94. The van der Waals surface area contributed by atoms with Gasteiger partial charge in [0.1, 0.15) is 11.5 Å². The normalized spacial score (nSPS) is 14.9. The Kier molecular flexibility index (Phi) is 5.79. The van der Waals surface area contributed by atoms with Crippen LogP contribution in [0.1, 0.15) is 0 Å². The summed E-state index contributed by atoms with van der Waals surface area (Å²) in [5, 5.41) is 13.9. The van der Waals surface area contributed by atoms with Crippen LogP contribution in [0.2, 0.25) is 0 Å². The molecule has 0 spiro atoms. The minimum Gasteiger partial charge on any atom is -0.363 e. The van der Waals surface area contributed by atoms with Crippen LogP contribution in [0.3, 0.4) is 0 Å². The van der Waals surface area contributed by atoms with Gasteiger partial charge in [-0.15, -0.1) is 0 Å². The van der Waals surface area contributed by atoms with Crippen molar-refractivity contribution in [3.05, 3.63) is 57.2 Å². The number of piperazine rings is 1. The molecule has 1 N–H and O–H groups in total. The number of aromatic nitrogens is 1. The predicted octanol–water partition coefficient (Wildman–Crippen LogP) is 2.51. The Morgan fingerprint density at radius 1 is 1.19 bits per heavy atom. The first-order chi connectivity index (χ1) is 12.5. The van der Waals surface area contributed by atoms with E-state index in [1.54, 1.807) is 30.5 Å². The summed E-state index contributed by atoms with van der Waals surface area (Å²) in [7, 11) is 0. The van der Waals surface area contributed by atoms with Crippen LogP contribution in [0.25, 0.3) is 0 Å². The number of hydrogen-bond donors (Lipinski definition) is 1. The number of anilines is 2. The van der Waals surface area contributed by atoms with Crippen molar-refractivity contribution in [2.24, 2.45) is 0 Å². The van der Waals surface area contributed by atoms with E-state index in [0.29, 0.717) is 37.7 Å². The Morgan fingerprint density at radius 2 is 1.92 bits per heavy atom. The summed E-state index contributed by atoms with van der Waals surface area (Å²) in [6, 6.07) is 10.3. The minimum atomic E-state index is -0.361. The molecule has 136 valence electrons. The van der Waals surface area contributed by atoms with Crippen LogP contribution in [0.4, 0.5) is 17.2 Å². The van der Waals surface area contributed by atoms with E-state index < -0.39 is 0 Å². The molecule has 1 saturated heterocycles. The smallest absolute Gasteiger partial charge is 0.292 e. The van der Waals surface area contributed by atoms with Crippen LogP contribution in [0, 0.1) is 10.1 Å². The van der Waals surface area contributed by atoms with Crippen LogP contribution in [0.15, 0.2) is 47.1 Å². The molecule has 1 aromatic heterocycles. The summed E-state index contributed by atoms with van der Waals surface area (Å²) >= 11 is 3.30. The van der Waals surface area contributed by atoms with Gasteiger partial charge in [0, 0.05) is 42.9 Å². The summed E-state index contributed by atoms with van der Waals surface area (Å²) < 4.78 is 0.849. The fourth-order valence-electron chi connectivity index (χ4n) is 2.87. The van der Waals surface area contributed by atoms with E-state index in [4.69, 9.17) is 0 Å². The number of halogens is 1. The van der Waals surface area contributed by atoms with Crippen LogP contribution in [-0.2, 0) is 4.79 Å². The van der Waals surface area contributed by atoms with Crippen molar-refractivity contribution in [3.8, 4) is 0 Å². The highest BCUT2D eigenvalue weighted by Gasteiger charge is 2.24. The number of pyridine rings is 1. The SMILES string of the molecule is O=C(CN1CCN(c2ccccc2[N+](=O)[O-])CC1)Nc1ccc(Br)cn1. The first-order valence-electron chi connectivity index (χ1n) is 8.15. The molecule has 0 saturated carbocycles. The van der Waals surface area contributed by atoms with Crippen molar-refractivity contribution in [2.75, 3.05) is 42.9 Å². The third-order valence-electron chi connectivity index (χ3n) is 4.15. The van der Waals surface area contributed by atoms with Crippen molar-refractivity contribution in [2.45, 2.75) is 0 Å². The topological polar surface area (TPSA) is 91.6 Å². The number of rotatable bonds is 5. The summed E-state index contributed by atoms with van der Waals surface area (Å²) in [6.45, 7) is 2.85. The maximum Gasteiger partial charge on any atom is 0.292 e. The zero-order valence-corrected chi connectivity index (χ0v) is 15.6. The number of hydrogen-bond acceptors (Lipinski definition) is 6. The van der Waals surface area contributed by atoms with Gasteiger partial charge in [0.25, 0.3) is 5.69 Å². The Labute approximate surface area is 159 Å². The lowest BCUT2D eigenvalue weighted by atomic mass is 10.2. The number of para-hydroxylation sites is 2. The molecule has 1 fully saturated rings. The molecule has 2 aromatic rings. The zero-order valence-electron chi connectivity index (χ0n) is 14.0. The molecule has 0 unspecified atom stereocenters. The van der Waals surface area contributed by atoms with Crippen molar-refractivity contribution in [3.63, 3.8) is 0 Å². The fourth-order valence-corrected chi connectivity index (χ4v) is 3.10. The fraction of sp³-hybridized carbons (Fsp3) is 0.294. The Balaban J connectivity index is 1.53. The summed E-state index contributed by atoms with van der Waals surface area (Å²) in [4.78, 5) is 31.1. The van der Waals surface area contributed by atoms with Crippen LogP contribution >= 0.6 is 15.9 Å². The number of benzene rings is 1. The van der Waals surface area contributed by atoms with Gasteiger partial charge in [0.15, 0.2) is 0 Å². The summed E-state index contributed by atoms with van der Waals surface area (Å²) in [6.07, 6.45) is 1.63. The molecule has 1 aliphatic heterocycles. The van der Waals surface area contributed by atoms with Crippen molar-refractivity contribution in [1.29, 1.82) is 0 Å². The van der Waals surface area contributed by atoms with E-state index in [-0.39, 0.29) is 23.1 Å². The molecule has 1 aliphatic rings. The van der Waals surface area contributed by atoms with Crippen molar-refractivity contribution >= 4 is 39.0 Å². The first kappa shape index (κ1) is 18.3. The number of nitro groups is 1. The molecule has 2 heterocycles. The molecule has 9 heteroatoms. The lowest BCUT2D eigenvalue weighted by Gasteiger charge is -2.35. The number of amides is 1. The van der Waals surface area contributed by atoms with Gasteiger partial charge in [-0.25, -0.2) is 4.98 Å². The highest BCUT2D eigenvalue weighted by molar-refractivity contribution is 9.10. The standard InChI is InChI=1S/C17H18BrN5O3/c18-13-5-6-16(19-11-13)20-17(24)12-21-7-9-22(10-8-21)14-3-1-2-4-15(14)23(25)26/h1-6,11H,7-10,12H2,(H,19,20,24). The second-order valence-electron chi connectivity index (χ2n) is 5.92. The molecule has 0 aliphatic carbocycles. The van der Waals surface area contributed by atoms with Crippen LogP contribution in [-0.4, -0.2) is 53.4 Å². The molecule has 1 amide bonds. The number of nitrogens with one attached hydrogen (secondary N) is 1. The molecule has 1 aromatic carbocycles. The maximum atomic E-state index is 12.2. The Morgan fingerprint density at radius 3 is 2.58 bits per heavy atom. The lowest BCUT2D eigenvalue weighted by molar-refractivity contribution is -0.384. The molecule has 8 nitrogen and oxygen atoms in total. The van der Waals surface area contributed by atoms with Crippen molar-refractivity contribution < 1.29 is 9.72 Å². The lowest BCUT2D eigenvalue weighted by Crippen LogP contribution is -2.48. The van der Waals surface area contributed by atoms with E-state index in [0.717, 1.165) is 4.47 Å². The quantitative estimate of drug-likeness (QED) is 0.591. The Bertz CT molecular complexity index is 791. The summed E-state index contributed by atoms with van der Waals surface area (Å²) in [5.41, 5.74) is 0.737. The maximum absolute atomic E-state index is 12.2. The third kappa shape index (κ3) is 4.55. The van der Waals surface area contributed by atoms with Gasteiger partial charge in [-0.2, -0.15) is 0 Å². The van der Waals surface area contributed by atoms with Gasteiger partial charge in [0.2, 0.25) is 5.91 Å². The number of nitrogens with zero attached hydrogens (tertiary/aromatic N) is 4. The van der Waals surface area contributed by atoms with Gasteiger partial charge >= 0.3 is 0 Å². The third-order valence-corrected chi connectivity index (χ3v) is 4.62. The highest BCUT2D eigenvalue weighted by atomic mass is 79.9. The van der Waals surface area contributed by atoms with E-state index in [1.165, 1.54) is 6.07 Å². The number of nitro benzene ring substituents is 1. The molecule has 0 radical (unpaired) electrons. The van der Waals surface area contributed by atoms with Crippen LogP contribution in [0.5, 0.6) is 0 Å². The van der Waals surface area contributed by atoms with Gasteiger partial charge < -0.3 is 10.2 Å². The Hall–Kier alpha value is -2.52. The highest BCUT2D eigenvalue weighted by Crippen LogP contribution is 2.28. The number of carbonyl (C=O) groups excluding carboxylic acids is 1. The second-order valence-corrected chi connectivity index (χ2v) is 6.83. The van der Waals surface area contributed by atoms with Gasteiger partial charge in [-0.05, 0) is 34.1 Å². The molecule has 26 heavy (non-hydrogen) atoms. The molecule has 0 atom stereocenters. The predicted molar refractivity (Wildman–Crippen MR) is 102 cm³/mol. The van der Waals surface area contributed by atoms with Gasteiger partial charge in [-0.3, -0.25) is 19.8 Å². The average Bonchev–Trinajstić information content (AvgIpc) is 2.64. The van der Waals surface area contributed by atoms with Crippen LogP contribution < -0.4 is 10.2 Å². The van der Waals surface area contributed by atoms with E-state index in [2.05, 4.69) is 26.2 Å². The monoisotopic (exact) mass is 419 g/mol. The van der Waals surface area contributed by atoms with E-state index >= 15 is 0 Å². The second kappa shape index (κ2) is 8.24.